The van der Waals surface area contributed by atoms with Crippen molar-refractivity contribution in [1.29, 1.82) is 0 Å². The van der Waals surface area contributed by atoms with E-state index in [4.69, 9.17) is 0 Å². The van der Waals surface area contributed by atoms with Gasteiger partial charge in [0.25, 0.3) is 0 Å². The van der Waals surface area contributed by atoms with Gasteiger partial charge < -0.3 is 4.90 Å². The maximum atomic E-state index is 2.44. The van der Waals surface area contributed by atoms with E-state index in [1.165, 1.54) is 73.6 Å². The Morgan fingerprint density at radius 1 is 0.395 bits per heavy atom. The molecule has 0 bridgehead atoms. The smallest absolute Gasteiger partial charge is 0.0640 e. The first-order valence-corrected chi connectivity index (χ1v) is 16.1. The van der Waals surface area contributed by atoms with Crippen LogP contribution in [-0.4, -0.2) is 0 Å². The monoisotopic (exact) mass is 583 g/mol. The predicted molar refractivity (Wildman–Crippen MR) is 190 cm³/mol. The van der Waals surface area contributed by atoms with Crippen molar-refractivity contribution in [3.8, 4) is 11.1 Å². The zero-order valence-electron chi connectivity index (χ0n) is 23.2. The molecule has 9 rings (SSSR count). The van der Waals surface area contributed by atoms with E-state index >= 15 is 0 Å². The van der Waals surface area contributed by atoms with Gasteiger partial charge >= 0.3 is 0 Å². The van der Waals surface area contributed by atoms with Crippen molar-refractivity contribution < 1.29 is 0 Å². The highest BCUT2D eigenvalue weighted by Crippen LogP contribution is 2.47. The highest BCUT2D eigenvalue weighted by molar-refractivity contribution is 7.26. The van der Waals surface area contributed by atoms with Gasteiger partial charge in [-0.25, -0.2) is 0 Å². The fraction of sp³-hybridized carbons (Fsp3) is 0. The Bertz CT molecular complexity index is 2450. The van der Waals surface area contributed by atoms with E-state index in [2.05, 4.69) is 157 Å². The summed E-state index contributed by atoms with van der Waals surface area (Å²) in [5.41, 5.74) is 5.96. The summed E-state index contributed by atoms with van der Waals surface area (Å²) in [4.78, 5) is 2.44. The third kappa shape index (κ3) is 3.97. The quantitative estimate of drug-likeness (QED) is 0.199. The average molecular weight is 584 g/mol. The Morgan fingerprint density at radius 3 is 1.95 bits per heavy atom. The number of anilines is 3. The SMILES string of the molecule is c1ccc(-c2ccc(N(c3ccc4sc5ccccc5c4c3)c3cccc4c3sc3ccc5ccccc5c34)cc2)cc1. The second-order valence-electron chi connectivity index (χ2n) is 10.9. The molecule has 0 aliphatic carbocycles. The van der Waals surface area contributed by atoms with Crippen molar-refractivity contribution in [2.45, 2.75) is 0 Å². The molecule has 0 aliphatic heterocycles. The first-order chi connectivity index (χ1) is 21.3. The molecule has 9 aromatic rings. The van der Waals surface area contributed by atoms with Crippen LogP contribution >= 0.6 is 22.7 Å². The topological polar surface area (TPSA) is 3.24 Å². The molecule has 202 valence electrons. The van der Waals surface area contributed by atoms with Gasteiger partial charge in [-0.2, -0.15) is 0 Å². The van der Waals surface area contributed by atoms with Crippen LogP contribution in [0.3, 0.4) is 0 Å². The maximum Gasteiger partial charge on any atom is 0.0640 e. The van der Waals surface area contributed by atoms with Crippen molar-refractivity contribution in [3.05, 3.63) is 152 Å². The molecule has 0 saturated heterocycles. The van der Waals surface area contributed by atoms with Gasteiger partial charge in [0.1, 0.15) is 0 Å². The van der Waals surface area contributed by atoms with Crippen molar-refractivity contribution in [2.75, 3.05) is 4.90 Å². The zero-order valence-corrected chi connectivity index (χ0v) is 24.8. The van der Waals surface area contributed by atoms with E-state index in [0.717, 1.165) is 5.69 Å². The van der Waals surface area contributed by atoms with E-state index in [1.807, 2.05) is 22.7 Å². The Balaban J connectivity index is 1.30. The Labute approximate surface area is 257 Å². The van der Waals surface area contributed by atoms with Gasteiger partial charge in [0.05, 0.1) is 10.4 Å². The lowest BCUT2D eigenvalue weighted by Crippen LogP contribution is -2.10. The van der Waals surface area contributed by atoms with Crippen LogP contribution in [0.1, 0.15) is 0 Å². The molecule has 0 saturated carbocycles. The van der Waals surface area contributed by atoms with Gasteiger partial charge in [0.15, 0.2) is 0 Å². The molecule has 7 aromatic carbocycles. The lowest BCUT2D eigenvalue weighted by Gasteiger charge is -2.26. The van der Waals surface area contributed by atoms with Gasteiger partial charge in [-0.3, -0.25) is 0 Å². The molecule has 2 aromatic heterocycles. The molecule has 0 radical (unpaired) electrons. The highest BCUT2D eigenvalue weighted by atomic mass is 32.1. The molecule has 0 unspecified atom stereocenters. The number of hydrogen-bond acceptors (Lipinski definition) is 3. The van der Waals surface area contributed by atoms with Crippen LogP contribution in [0.5, 0.6) is 0 Å². The van der Waals surface area contributed by atoms with Gasteiger partial charge in [-0.1, -0.05) is 103 Å². The van der Waals surface area contributed by atoms with Crippen LogP contribution in [0.25, 0.3) is 62.2 Å². The molecule has 0 spiro atoms. The van der Waals surface area contributed by atoms with Gasteiger partial charge in [0, 0.05) is 47.0 Å². The maximum absolute atomic E-state index is 2.44. The number of rotatable bonds is 4. The van der Waals surface area contributed by atoms with Gasteiger partial charge in [-0.15, -0.1) is 22.7 Å². The minimum absolute atomic E-state index is 1.15. The fourth-order valence-electron chi connectivity index (χ4n) is 6.44. The van der Waals surface area contributed by atoms with E-state index in [-0.39, 0.29) is 0 Å². The summed E-state index contributed by atoms with van der Waals surface area (Å²) >= 11 is 3.75. The second kappa shape index (κ2) is 9.81. The van der Waals surface area contributed by atoms with Crippen LogP contribution in [-0.2, 0) is 0 Å². The summed E-state index contributed by atoms with van der Waals surface area (Å²) in [6, 6.07) is 55.4. The number of nitrogens with zero attached hydrogens (tertiary/aromatic N) is 1. The highest BCUT2D eigenvalue weighted by Gasteiger charge is 2.20. The summed E-state index contributed by atoms with van der Waals surface area (Å²) in [6.45, 7) is 0. The molecule has 0 atom stereocenters. The number of thiophene rings is 2. The zero-order chi connectivity index (χ0) is 28.3. The molecular formula is C40H25NS2. The minimum atomic E-state index is 1.15. The Morgan fingerprint density at radius 2 is 1.07 bits per heavy atom. The third-order valence-electron chi connectivity index (χ3n) is 8.46. The summed E-state index contributed by atoms with van der Waals surface area (Å²) in [5.74, 6) is 0. The molecule has 43 heavy (non-hydrogen) atoms. The van der Waals surface area contributed by atoms with Crippen LogP contribution in [0.2, 0.25) is 0 Å². The van der Waals surface area contributed by atoms with Crippen molar-refractivity contribution >= 4 is 90.9 Å². The summed E-state index contributed by atoms with van der Waals surface area (Å²) in [7, 11) is 0. The van der Waals surface area contributed by atoms with Crippen LogP contribution in [0.4, 0.5) is 17.1 Å². The molecule has 2 heterocycles. The van der Waals surface area contributed by atoms with Crippen molar-refractivity contribution in [2.24, 2.45) is 0 Å². The van der Waals surface area contributed by atoms with Crippen LogP contribution in [0.15, 0.2) is 152 Å². The van der Waals surface area contributed by atoms with Crippen LogP contribution in [0, 0.1) is 0 Å². The largest absolute Gasteiger partial charge is 0.309 e. The molecule has 3 heteroatoms. The normalized spacial score (nSPS) is 11.7. The number of hydrogen-bond donors (Lipinski definition) is 0. The van der Waals surface area contributed by atoms with Crippen LogP contribution < -0.4 is 4.90 Å². The van der Waals surface area contributed by atoms with E-state index in [9.17, 15) is 0 Å². The molecule has 0 N–H and O–H groups in total. The lowest BCUT2D eigenvalue weighted by molar-refractivity contribution is 1.31. The van der Waals surface area contributed by atoms with E-state index in [0.29, 0.717) is 0 Å². The number of fused-ring (bicyclic) bond motifs is 8. The third-order valence-corrected chi connectivity index (χ3v) is 10.8. The standard InChI is InChI=1S/C40H25NS2/c1-2-9-26(10-3-1)27-17-20-29(21-18-27)41(30-22-24-37-34(25-30)32-13-6-7-16-36(32)42-37)35-15-8-14-33-39-31-12-5-4-11-28(31)19-23-38(39)43-40(33)35/h1-25H. The predicted octanol–water partition coefficient (Wildman–Crippen LogP) is 12.7. The first-order valence-electron chi connectivity index (χ1n) is 14.5. The van der Waals surface area contributed by atoms with Crippen molar-refractivity contribution in [1.82, 2.24) is 0 Å². The summed E-state index contributed by atoms with van der Waals surface area (Å²) < 4.78 is 5.26. The summed E-state index contributed by atoms with van der Waals surface area (Å²) in [5, 5.41) is 7.87. The van der Waals surface area contributed by atoms with Crippen molar-refractivity contribution in [3.63, 3.8) is 0 Å². The Hall–Kier alpha value is -4.96. The lowest BCUT2D eigenvalue weighted by atomic mass is 10.0. The molecule has 0 amide bonds. The summed E-state index contributed by atoms with van der Waals surface area (Å²) in [6.07, 6.45) is 0. The molecule has 0 fully saturated rings. The molecule has 1 nitrogen and oxygen atoms in total. The Kier molecular flexibility index (Phi) is 5.62. The van der Waals surface area contributed by atoms with E-state index in [1.54, 1.807) is 0 Å². The molecular weight excluding hydrogens is 559 g/mol. The first kappa shape index (κ1) is 24.6. The second-order valence-corrected chi connectivity index (χ2v) is 13.1. The van der Waals surface area contributed by atoms with Gasteiger partial charge in [0.2, 0.25) is 0 Å². The average Bonchev–Trinajstić information content (AvgIpc) is 3.65. The number of benzene rings is 7. The van der Waals surface area contributed by atoms with Gasteiger partial charge in [-0.05, 0) is 70.4 Å². The molecule has 0 aliphatic rings. The minimum Gasteiger partial charge on any atom is -0.309 e. The fourth-order valence-corrected chi connectivity index (χ4v) is 8.75. The van der Waals surface area contributed by atoms with E-state index < -0.39 is 0 Å².